The number of halogens is 1. The van der Waals surface area contributed by atoms with E-state index in [0.717, 1.165) is 33.9 Å². The zero-order valence-electron chi connectivity index (χ0n) is 19.7. The number of nitrogens with zero attached hydrogens (tertiary/aromatic N) is 4. The van der Waals surface area contributed by atoms with Crippen LogP contribution in [0, 0.1) is 33.5 Å². The smallest absolute Gasteiger partial charge is 0.321 e. The third-order valence-electron chi connectivity index (χ3n) is 6.20. The first-order valence-corrected chi connectivity index (χ1v) is 11.3. The molecule has 2 heterocycles. The summed E-state index contributed by atoms with van der Waals surface area (Å²) < 4.78 is 13.7. The summed E-state index contributed by atoms with van der Waals surface area (Å²) in [7, 11) is 0. The maximum atomic E-state index is 13.7. The summed E-state index contributed by atoms with van der Waals surface area (Å²) in [6.45, 7) is 10.5. The van der Waals surface area contributed by atoms with E-state index in [9.17, 15) is 9.18 Å². The molecule has 2 aromatic carbocycles. The van der Waals surface area contributed by atoms with E-state index in [0.29, 0.717) is 38.4 Å². The average molecular weight is 448 g/mol. The Morgan fingerprint density at radius 3 is 2.42 bits per heavy atom. The Kier molecular flexibility index (Phi) is 6.58. The van der Waals surface area contributed by atoms with Crippen molar-refractivity contribution >= 4 is 17.5 Å². The quantitative estimate of drug-likeness (QED) is 0.624. The molecule has 1 saturated heterocycles. The predicted molar refractivity (Wildman–Crippen MR) is 129 cm³/mol. The number of aryl methyl sites for hydroxylation is 4. The van der Waals surface area contributed by atoms with Crippen LogP contribution in [-0.4, -0.2) is 47.1 Å². The zero-order valence-corrected chi connectivity index (χ0v) is 19.7. The number of carbonyl (C=O) groups is 1. The Morgan fingerprint density at radius 2 is 1.73 bits per heavy atom. The minimum absolute atomic E-state index is 0.0899. The number of hydrogen-bond donors (Lipinski definition) is 1. The number of rotatable bonds is 4. The number of aromatic nitrogens is 2. The summed E-state index contributed by atoms with van der Waals surface area (Å²) in [5.74, 6) is 1.34. The molecule has 1 fully saturated rings. The Balaban J connectivity index is 1.46. The molecule has 4 rings (SSSR count). The molecule has 3 aromatic rings. The first kappa shape index (κ1) is 22.7. The van der Waals surface area contributed by atoms with Crippen molar-refractivity contribution in [2.45, 2.75) is 34.1 Å². The molecule has 6 nitrogen and oxygen atoms in total. The molecular formula is C26H30FN5O. The van der Waals surface area contributed by atoms with Gasteiger partial charge in [0.05, 0.1) is 0 Å². The van der Waals surface area contributed by atoms with Gasteiger partial charge in [-0.25, -0.2) is 19.2 Å². The van der Waals surface area contributed by atoms with Gasteiger partial charge in [0.25, 0.3) is 0 Å². The molecule has 1 N–H and O–H groups in total. The molecule has 0 saturated carbocycles. The van der Waals surface area contributed by atoms with Crippen LogP contribution in [0.3, 0.4) is 0 Å². The molecular weight excluding hydrogens is 417 g/mol. The molecule has 0 atom stereocenters. The molecule has 33 heavy (non-hydrogen) atoms. The molecule has 0 spiro atoms. The zero-order chi connectivity index (χ0) is 23.5. The van der Waals surface area contributed by atoms with Crippen molar-refractivity contribution in [2.75, 3.05) is 36.4 Å². The van der Waals surface area contributed by atoms with Gasteiger partial charge in [0.2, 0.25) is 0 Å². The largest absolute Gasteiger partial charge is 0.353 e. The van der Waals surface area contributed by atoms with Crippen LogP contribution in [0.5, 0.6) is 0 Å². The fourth-order valence-corrected chi connectivity index (χ4v) is 4.18. The van der Waals surface area contributed by atoms with Crippen LogP contribution in [0.1, 0.15) is 33.8 Å². The standard InChI is InChI=1S/C26H30FN5O/c1-17-8-9-23(14-18(17)2)30-26(33)32-12-10-31(11-13-32)25-24(19(3)28-20(4)29-25)16-21-6-5-7-22(27)15-21/h5-9,14-15H,10-13,16H2,1-4H3,(H,30,33). The number of amides is 2. The summed E-state index contributed by atoms with van der Waals surface area (Å²) in [6, 6.07) is 12.5. The van der Waals surface area contributed by atoms with Crippen LogP contribution >= 0.6 is 0 Å². The summed E-state index contributed by atoms with van der Waals surface area (Å²) in [5, 5.41) is 3.01. The topological polar surface area (TPSA) is 61.4 Å². The summed E-state index contributed by atoms with van der Waals surface area (Å²) in [5.41, 5.74) is 5.95. The van der Waals surface area contributed by atoms with Crippen LogP contribution in [0.25, 0.3) is 0 Å². The molecule has 172 valence electrons. The van der Waals surface area contributed by atoms with Gasteiger partial charge in [0.15, 0.2) is 0 Å². The molecule has 7 heteroatoms. The number of hydrogen-bond acceptors (Lipinski definition) is 4. The number of piperazine rings is 1. The maximum Gasteiger partial charge on any atom is 0.321 e. The van der Waals surface area contributed by atoms with Gasteiger partial charge in [-0.1, -0.05) is 18.2 Å². The Morgan fingerprint density at radius 1 is 0.970 bits per heavy atom. The lowest BCUT2D eigenvalue weighted by Gasteiger charge is -2.36. The minimum atomic E-state index is -0.247. The van der Waals surface area contributed by atoms with Gasteiger partial charge in [0.1, 0.15) is 17.5 Å². The van der Waals surface area contributed by atoms with Crippen LogP contribution < -0.4 is 10.2 Å². The van der Waals surface area contributed by atoms with Crippen LogP contribution in [0.4, 0.5) is 20.7 Å². The second-order valence-corrected chi connectivity index (χ2v) is 8.67. The summed E-state index contributed by atoms with van der Waals surface area (Å²) in [4.78, 5) is 26.1. The van der Waals surface area contributed by atoms with E-state index in [2.05, 4.69) is 22.1 Å². The van der Waals surface area contributed by atoms with E-state index in [4.69, 9.17) is 4.98 Å². The lowest BCUT2D eigenvalue weighted by Crippen LogP contribution is -2.50. The van der Waals surface area contributed by atoms with Gasteiger partial charge in [-0.15, -0.1) is 0 Å². The van der Waals surface area contributed by atoms with Crippen molar-refractivity contribution in [3.8, 4) is 0 Å². The number of urea groups is 1. The molecule has 1 aliphatic heterocycles. The van der Waals surface area contributed by atoms with Gasteiger partial charge < -0.3 is 15.1 Å². The molecule has 0 unspecified atom stereocenters. The number of carbonyl (C=O) groups excluding carboxylic acids is 1. The van der Waals surface area contributed by atoms with E-state index in [1.165, 1.54) is 11.6 Å². The summed E-state index contributed by atoms with van der Waals surface area (Å²) in [6.07, 6.45) is 0.562. The second-order valence-electron chi connectivity index (χ2n) is 8.67. The molecule has 2 amide bonds. The molecule has 0 aliphatic carbocycles. The van der Waals surface area contributed by atoms with Gasteiger partial charge in [-0.2, -0.15) is 0 Å². The van der Waals surface area contributed by atoms with Crippen molar-refractivity contribution in [3.05, 3.63) is 82.1 Å². The number of nitrogens with one attached hydrogen (secondary N) is 1. The van der Waals surface area contributed by atoms with E-state index < -0.39 is 0 Å². The number of anilines is 2. The van der Waals surface area contributed by atoms with Gasteiger partial charge in [0, 0.05) is 49.5 Å². The van der Waals surface area contributed by atoms with Crippen molar-refractivity contribution in [1.29, 1.82) is 0 Å². The Hall–Kier alpha value is -3.48. The Bertz CT molecular complexity index is 1170. The van der Waals surface area contributed by atoms with Crippen molar-refractivity contribution in [3.63, 3.8) is 0 Å². The highest BCUT2D eigenvalue weighted by Gasteiger charge is 2.25. The third-order valence-corrected chi connectivity index (χ3v) is 6.20. The fourth-order valence-electron chi connectivity index (χ4n) is 4.18. The van der Waals surface area contributed by atoms with Gasteiger partial charge in [-0.3, -0.25) is 0 Å². The molecule has 1 aromatic heterocycles. The molecule has 1 aliphatic rings. The fraction of sp³-hybridized carbons (Fsp3) is 0.346. The average Bonchev–Trinajstić information content (AvgIpc) is 2.78. The van der Waals surface area contributed by atoms with Crippen molar-refractivity contribution in [2.24, 2.45) is 0 Å². The molecule has 0 bridgehead atoms. The van der Waals surface area contributed by atoms with Gasteiger partial charge in [-0.05, 0) is 68.7 Å². The third kappa shape index (κ3) is 5.30. The van der Waals surface area contributed by atoms with E-state index in [-0.39, 0.29) is 11.8 Å². The monoisotopic (exact) mass is 447 g/mol. The lowest BCUT2D eigenvalue weighted by molar-refractivity contribution is 0.208. The van der Waals surface area contributed by atoms with E-state index >= 15 is 0 Å². The maximum absolute atomic E-state index is 13.7. The van der Waals surface area contributed by atoms with Gasteiger partial charge >= 0.3 is 6.03 Å². The molecule has 0 radical (unpaired) electrons. The highest BCUT2D eigenvalue weighted by molar-refractivity contribution is 5.89. The normalized spacial score (nSPS) is 13.8. The highest BCUT2D eigenvalue weighted by atomic mass is 19.1. The highest BCUT2D eigenvalue weighted by Crippen LogP contribution is 2.25. The van der Waals surface area contributed by atoms with E-state index in [1.807, 2.05) is 49.9 Å². The lowest BCUT2D eigenvalue weighted by atomic mass is 10.0. The predicted octanol–water partition coefficient (Wildman–Crippen LogP) is 4.79. The van der Waals surface area contributed by atoms with Crippen LogP contribution in [0.15, 0.2) is 42.5 Å². The second kappa shape index (κ2) is 9.57. The first-order chi connectivity index (χ1) is 15.8. The van der Waals surface area contributed by atoms with Crippen molar-refractivity contribution in [1.82, 2.24) is 14.9 Å². The Labute approximate surface area is 194 Å². The van der Waals surface area contributed by atoms with Crippen LogP contribution in [0.2, 0.25) is 0 Å². The van der Waals surface area contributed by atoms with Crippen LogP contribution in [-0.2, 0) is 6.42 Å². The first-order valence-electron chi connectivity index (χ1n) is 11.3. The summed E-state index contributed by atoms with van der Waals surface area (Å²) >= 11 is 0. The van der Waals surface area contributed by atoms with Crippen molar-refractivity contribution < 1.29 is 9.18 Å². The number of benzene rings is 2. The van der Waals surface area contributed by atoms with E-state index in [1.54, 1.807) is 12.1 Å². The SMILES string of the molecule is Cc1nc(C)c(Cc2cccc(F)c2)c(N2CCN(C(=O)Nc3ccc(C)c(C)c3)CC2)n1. The minimum Gasteiger partial charge on any atom is -0.353 e.